The molecule has 0 spiro atoms. The van der Waals surface area contributed by atoms with E-state index in [9.17, 15) is 4.79 Å². The molecule has 0 radical (unpaired) electrons. The number of oxazole rings is 1. The lowest BCUT2D eigenvalue weighted by atomic mass is 9.98. The van der Waals surface area contributed by atoms with E-state index in [1.807, 2.05) is 62.4 Å². The molecule has 1 unspecified atom stereocenters. The van der Waals surface area contributed by atoms with E-state index >= 15 is 0 Å². The Bertz CT molecular complexity index is 1050. The fourth-order valence-electron chi connectivity index (χ4n) is 4.10. The zero-order valence-electron chi connectivity index (χ0n) is 18.3. The van der Waals surface area contributed by atoms with Gasteiger partial charge < -0.3 is 13.9 Å². The number of benzene rings is 2. The summed E-state index contributed by atoms with van der Waals surface area (Å²) in [5.74, 6) is 1.94. The summed E-state index contributed by atoms with van der Waals surface area (Å²) in [6, 6.07) is 17.8. The number of likely N-dealkylation sites (tertiary alicyclic amines) is 1. The van der Waals surface area contributed by atoms with Crippen LogP contribution < -0.4 is 4.74 Å². The molecular formula is C25H28N2O4. The third-order valence-electron chi connectivity index (χ3n) is 5.98. The molecule has 162 valence electrons. The van der Waals surface area contributed by atoms with E-state index < -0.39 is 5.54 Å². The minimum Gasteiger partial charge on any atom is -0.487 e. The van der Waals surface area contributed by atoms with E-state index in [-0.39, 0.29) is 5.97 Å². The fraction of sp³-hybridized carbons (Fsp3) is 0.360. The van der Waals surface area contributed by atoms with Gasteiger partial charge in [-0.3, -0.25) is 9.69 Å². The van der Waals surface area contributed by atoms with Crippen molar-refractivity contribution in [1.82, 2.24) is 9.88 Å². The Labute approximate surface area is 182 Å². The summed E-state index contributed by atoms with van der Waals surface area (Å²) in [5, 5.41) is 0. The first-order valence-electron chi connectivity index (χ1n) is 10.6. The van der Waals surface area contributed by atoms with Gasteiger partial charge in [0, 0.05) is 12.1 Å². The van der Waals surface area contributed by atoms with Crippen LogP contribution in [0.15, 0.2) is 59.0 Å². The lowest BCUT2D eigenvalue weighted by molar-refractivity contribution is -0.152. The molecule has 0 N–H and O–H groups in total. The Morgan fingerprint density at radius 1 is 1.19 bits per heavy atom. The van der Waals surface area contributed by atoms with E-state index in [1.54, 1.807) is 0 Å². The molecule has 2 heterocycles. The van der Waals surface area contributed by atoms with Crippen LogP contribution in [0.25, 0.3) is 11.5 Å². The van der Waals surface area contributed by atoms with Crippen LogP contribution in [0.1, 0.15) is 36.8 Å². The largest absolute Gasteiger partial charge is 0.487 e. The molecule has 6 heteroatoms. The lowest BCUT2D eigenvalue weighted by Gasteiger charge is -2.32. The molecule has 0 saturated carbocycles. The van der Waals surface area contributed by atoms with E-state index in [0.717, 1.165) is 47.7 Å². The Kier molecular flexibility index (Phi) is 6.09. The Hall–Kier alpha value is -3.12. The van der Waals surface area contributed by atoms with Gasteiger partial charge in [-0.05, 0) is 63.1 Å². The van der Waals surface area contributed by atoms with Gasteiger partial charge in [0.2, 0.25) is 5.89 Å². The molecule has 1 atom stereocenters. The smallest absolute Gasteiger partial charge is 0.326 e. The van der Waals surface area contributed by atoms with Crippen molar-refractivity contribution >= 4 is 5.97 Å². The van der Waals surface area contributed by atoms with Gasteiger partial charge in [-0.2, -0.15) is 0 Å². The zero-order valence-corrected chi connectivity index (χ0v) is 18.3. The second-order valence-corrected chi connectivity index (χ2v) is 8.11. The van der Waals surface area contributed by atoms with Crippen molar-refractivity contribution < 1.29 is 18.7 Å². The van der Waals surface area contributed by atoms with Crippen LogP contribution in [0.3, 0.4) is 0 Å². The van der Waals surface area contributed by atoms with Crippen molar-refractivity contribution in [3.05, 3.63) is 71.6 Å². The number of hydrogen-bond donors (Lipinski definition) is 0. The summed E-state index contributed by atoms with van der Waals surface area (Å²) >= 11 is 0. The minimum absolute atomic E-state index is 0.173. The molecule has 3 aromatic rings. The Morgan fingerprint density at radius 2 is 2.00 bits per heavy atom. The molecule has 1 aromatic heterocycles. The van der Waals surface area contributed by atoms with Gasteiger partial charge in [-0.15, -0.1) is 0 Å². The molecule has 4 rings (SSSR count). The molecule has 1 fully saturated rings. The van der Waals surface area contributed by atoms with Crippen LogP contribution in [0.2, 0.25) is 0 Å². The maximum absolute atomic E-state index is 12.3. The maximum Gasteiger partial charge on any atom is 0.326 e. The molecule has 0 amide bonds. The van der Waals surface area contributed by atoms with Gasteiger partial charge in [0.05, 0.1) is 7.11 Å². The number of hydrogen-bond acceptors (Lipinski definition) is 6. The van der Waals surface area contributed by atoms with E-state index in [2.05, 4.69) is 16.0 Å². The standard InChI is InChI=1S/C25H28N2O4/c1-18-22(26-23(31-18)20-10-5-4-6-11-20)17-30-21-12-7-9-19(15-21)16-27-14-8-13-25(27,2)24(28)29-3/h4-7,9-12,15H,8,13-14,16-17H2,1-3H3. The van der Waals surface area contributed by atoms with E-state index in [1.165, 1.54) is 7.11 Å². The first kappa shape index (κ1) is 21.1. The summed E-state index contributed by atoms with van der Waals surface area (Å²) in [4.78, 5) is 19.1. The molecule has 0 aliphatic carbocycles. The zero-order chi connectivity index (χ0) is 21.8. The van der Waals surface area contributed by atoms with Crippen LogP contribution in [0.4, 0.5) is 0 Å². The third-order valence-corrected chi connectivity index (χ3v) is 5.98. The van der Waals surface area contributed by atoms with Crippen LogP contribution in [-0.2, 0) is 22.7 Å². The van der Waals surface area contributed by atoms with Gasteiger partial charge in [0.25, 0.3) is 0 Å². The van der Waals surface area contributed by atoms with Gasteiger partial charge in [0.15, 0.2) is 0 Å². The molecule has 2 aromatic carbocycles. The first-order chi connectivity index (χ1) is 15.0. The monoisotopic (exact) mass is 420 g/mol. The topological polar surface area (TPSA) is 64.8 Å². The molecule has 1 saturated heterocycles. The number of ether oxygens (including phenoxy) is 2. The Morgan fingerprint density at radius 3 is 2.77 bits per heavy atom. The quantitative estimate of drug-likeness (QED) is 0.514. The number of rotatable bonds is 7. The van der Waals surface area contributed by atoms with Gasteiger partial charge in [-0.1, -0.05) is 30.3 Å². The number of methoxy groups -OCH3 is 1. The van der Waals surface area contributed by atoms with Crippen molar-refractivity contribution in [3.63, 3.8) is 0 Å². The fourth-order valence-corrected chi connectivity index (χ4v) is 4.10. The average Bonchev–Trinajstić information content (AvgIpc) is 3.35. The van der Waals surface area contributed by atoms with Crippen molar-refractivity contribution in [3.8, 4) is 17.2 Å². The molecule has 31 heavy (non-hydrogen) atoms. The van der Waals surface area contributed by atoms with Crippen LogP contribution in [0, 0.1) is 6.92 Å². The normalized spacial score (nSPS) is 18.8. The molecule has 1 aliphatic rings. The summed E-state index contributed by atoms with van der Waals surface area (Å²) in [6.07, 6.45) is 1.79. The minimum atomic E-state index is -0.572. The highest BCUT2D eigenvalue weighted by molar-refractivity contribution is 5.80. The molecule has 0 bridgehead atoms. The van der Waals surface area contributed by atoms with Crippen LogP contribution in [-0.4, -0.2) is 35.0 Å². The lowest BCUT2D eigenvalue weighted by Crippen LogP contribution is -2.48. The molecular weight excluding hydrogens is 392 g/mol. The third kappa shape index (κ3) is 4.49. The molecule has 6 nitrogen and oxygen atoms in total. The molecule has 1 aliphatic heterocycles. The van der Waals surface area contributed by atoms with Gasteiger partial charge in [-0.25, -0.2) is 4.98 Å². The second-order valence-electron chi connectivity index (χ2n) is 8.11. The second kappa shape index (κ2) is 8.94. The number of aromatic nitrogens is 1. The highest BCUT2D eigenvalue weighted by Crippen LogP contribution is 2.32. The summed E-state index contributed by atoms with van der Waals surface area (Å²) in [6.45, 7) is 5.73. The Balaban J connectivity index is 1.43. The van der Waals surface area contributed by atoms with Crippen LogP contribution in [0.5, 0.6) is 5.75 Å². The summed E-state index contributed by atoms with van der Waals surface area (Å²) in [5.41, 5.74) is 2.24. The van der Waals surface area contributed by atoms with Crippen molar-refractivity contribution in [2.75, 3.05) is 13.7 Å². The average molecular weight is 421 g/mol. The summed E-state index contributed by atoms with van der Waals surface area (Å²) < 4.78 is 16.9. The van der Waals surface area contributed by atoms with E-state index in [0.29, 0.717) is 19.0 Å². The highest BCUT2D eigenvalue weighted by atomic mass is 16.5. The number of esters is 1. The highest BCUT2D eigenvalue weighted by Gasteiger charge is 2.44. The van der Waals surface area contributed by atoms with Crippen molar-refractivity contribution in [2.45, 2.75) is 45.4 Å². The van der Waals surface area contributed by atoms with Gasteiger partial charge in [0.1, 0.15) is 29.3 Å². The predicted molar refractivity (Wildman–Crippen MR) is 118 cm³/mol. The SMILES string of the molecule is COC(=O)C1(C)CCCN1Cc1cccc(OCc2nc(-c3ccccc3)oc2C)c1. The summed E-state index contributed by atoms with van der Waals surface area (Å²) in [7, 11) is 1.45. The maximum atomic E-state index is 12.3. The van der Waals surface area contributed by atoms with Crippen molar-refractivity contribution in [2.24, 2.45) is 0 Å². The number of carbonyl (C=O) groups is 1. The van der Waals surface area contributed by atoms with Gasteiger partial charge >= 0.3 is 5.97 Å². The predicted octanol–water partition coefficient (Wildman–Crippen LogP) is 4.76. The van der Waals surface area contributed by atoms with E-state index in [4.69, 9.17) is 13.9 Å². The number of carbonyl (C=O) groups excluding carboxylic acids is 1. The van der Waals surface area contributed by atoms with Crippen LogP contribution >= 0.6 is 0 Å². The van der Waals surface area contributed by atoms with Crippen molar-refractivity contribution in [1.29, 1.82) is 0 Å². The number of aryl methyl sites for hydroxylation is 1. The first-order valence-corrected chi connectivity index (χ1v) is 10.6. The number of nitrogens with zero attached hydrogens (tertiary/aromatic N) is 2.